The largest absolute Gasteiger partial charge is 0.467 e. The van der Waals surface area contributed by atoms with Gasteiger partial charge in [-0.3, -0.25) is 4.79 Å². The van der Waals surface area contributed by atoms with Crippen LogP contribution in [0.1, 0.15) is 53.0 Å². The Morgan fingerprint density at radius 2 is 1.97 bits per heavy atom. The topological polar surface area (TPSA) is 96.5 Å². The van der Waals surface area contributed by atoms with E-state index in [2.05, 4.69) is 0 Å². The van der Waals surface area contributed by atoms with Crippen molar-refractivity contribution in [2.45, 2.75) is 59.5 Å². The lowest BCUT2D eigenvalue weighted by Gasteiger charge is -2.32. The number of halogens is 1. The molecular weight excluding hydrogens is 390 g/mol. The number of likely N-dealkylation sites (tertiary alicyclic amines) is 1. The van der Waals surface area contributed by atoms with Gasteiger partial charge in [-0.25, -0.2) is 4.79 Å². The highest BCUT2D eigenvalue weighted by atomic mass is 35.5. The highest BCUT2D eigenvalue weighted by Gasteiger charge is 2.43. The molecule has 1 heterocycles. The molecule has 0 saturated carbocycles. The van der Waals surface area contributed by atoms with Crippen molar-refractivity contribution >= 4 is 29.2 Å². The number of hydrogen-bond donors (Lipinski definition) is 2. The van der Waals surface area contributed by atoms with E-state index >= 15 is 0 Å². The van der Waals surface area contributed by atoms with Crippen molar-refractivity contribution in [2.24, 2.45) is 17.1 Å². The molecule has 0 radical (unpaired) electrons. The van der Waals surface area contributed by atoms with Gasteiger partial charge >= 0.3 is 5.97 Å². The van der Waals surface area contributed by atoms with Gasteiger partial charge in [0.05, 0.1) is 13.2 Å². The van der Waals surface area contributed by atoms with Gasteiger partial charge in [-0.15, -0.1) is 0 Å². The van der Waals surface area contributed by atoms with Crippen LogP contribution < -0.4 is 5.73 Å². The zero-order chi connectivity index (χ0) is 22.4. The molecule has 162 valence electrons. The zero-order valence-corrected chi connectivity index (χ0v) is 19.0. The second-order valence-corrected chi connectivity index (χ2v) is 8.60. The van der Waals surface area contributed by atoms with Crippen LogP contribution in [0.2, 0.25) is 5.02 Å². The van der Waals surface area contributed by atoms with E-state index < -0.39 is 23.5 Å². The number of carbonyl (C=O) groups excluding carboxylic acids is 2. The first-order valence-corrected chi connectivity index (χ1v) is 10.4. The van der Waals surface area contributed by atoms with E-state index in [0.717, 1.165) is 5.56 Å². The first-order valence-electron chi connectivity index (χ1n) is 10.0. The van der Waals surface area contributed by atoms with Gasteiger partial charge in [0.15, 0.2) is 0 Å². The first kappa shape index (κ1) is 25.1. The second-order valence-electron chi connectivity index (χ2n) is 8.17. The van der Waals surface area contributed by atoms with Gasteiger partial charge in [-0.1, -0.05) is 58.4 Å². The molecule has 29 heavy (non-hydrogen) atoms. The molecule has 2 rings (SSSR count). The van der Waals surface area contributed by atoms with E-state index in [4.69, 9.17) is 27.5 Å². The Labute approximate surface area is 179 Å². The number of nitrogens with two attached hydrogens (primary N) is 1. The number of carbonyl (C=O) groups is 2. The van der Waals surface area contributed by atoms with Crippen LogP contribution in [-0.2, 0) is 14.3 Å². The van der Waals surface area contributed by atoms with Crippen molar-refractivity contribution in [3.8, 4) is 0 Å². The van der Waals surface area contributed by atoms with Gasteiger partial charge in [-0.2, -0.15) is 0 Å². The van der Waals surface area contributed by atoms with Gasteiger partial charge in [-0.05, 0) is 41.9 Å². The van der Waals surface area contributed by atoms with Crippen LogP contribution >= 0.6 is 11.6 Å². The standard InChI is InChI=1S/C20H28ClN3O3.C2H6/c1-20(2,3)17(23)18(25)24-11-12(9-16(24)19(26)27-4)8-15(22)13-6-5-7-14(21)10-13;1-2/h5-7,10,12,16-17,22H,8-9,11,23H2,1-4H3;1-2H3. The normalized spacial score (nSPS) is 19.8. The maximum atomic E-state index is 12.9. The summed E-state index contributed by atoms with van der Waals surface area (Å²) in [7, 11) is 1.32. The summed E-state index contributed by atoms with van der Waals surface area (Å²) in [6.45, 7) is 10.1. The predicted octanol–water partition coefficient (Wildman–Crippen LogP) is 3.89. The lowest BCUT2D eigenvalue weighted by atomic mass is 9.86. The van der Waals surface area contributed by atoms with Crippen molar-refractivity contribution in [3.05, 3.63) is 34.9 Å². The number of benzene rings is 1. The summed E-state index contributed by atoms with van der Waals surface area (Å²) < 4.78 is 4.89. The van der Waals surface area contributed by atoms with E-state index in [9.17, 15) is 9.59 Å². The summed E-state index contributed by atoms with van der Waals surface area (Å²) in [6, 6.07) is 5.77. The minimum absolute atomic E-state index is 0.0169. The molecule has 0 spiro atoms. The molecule has 0 bridgehead atoms. The molecule has 1 fully saturated rings. The Bertz CT molecular complexity index is 730. The fraction of sp³-hybridized carbons (Fsp3) is 0.591. The third kappa shape index (κ3) is 6.54. The lowest BCUT2D eigenvalue weighted by molar-refractivity contribution is -0.152. The monoisotopic (exact) mass is 423 g/mol. The highest BCUT2D eigenvalue weighted by Crippen LogP contribution is 2.30. The number of amides is 1. The van der Waals surface area contributed by atoms with Gasteiger partial charge in [0.1, 0.15) is 6.04 Å². The summed E-state index contributed by atoms with van der Waals surface area (Å²) in [5.74, 6) is -0.715. The van der Waals surface area contributed by atoms with Crippen molar-refractivity contribution < 1.29 is 14.3 Å². The minimum Gasteiger partial charge on any atom is -0.467 e. The van der Waals surface area contributed by atoms with Gasteiger partial charge in [0.25, 0.3) is 0 Å². The molecule has 1 aromatic rings. The molecule has 1 aliphatic heterocycles. The fourth-order valence-corrected chi connectivity index (χ4v) is 3.50. The van der Waals surface area contributed by atoms with Crippen molar-refractivity contribution in [1.29, 1.82) is 5.41 Å². The molecule has 3 N–H and O–H groups in total. The number of rotatable bonds is 5. The van der Waals surface area contributed by atoms with Crippen LogP contribution in [0.5, 0.6) is 0 Å². The highest BCUT2D eigenvalue weighted by molar-refractivity contribution is 6.31. The Balaban J connectivity index is 0.00000204. The Morgan fingerprint density at radius 3 is 2.48 bits per heavy atom. The maximum Gasteiger partial charge on any atom is 0.328 e. The molecule has 1 amide bonds. The van der Waals surface area contributed by atoms with Gasteiger partial charge in [0, 0.05) is 17.3 Å². The smallest absolute Gasteiger partial charge is 0.328 e. The van der Waals surface area contributed by atoms with Crippen molar-refractivity contribution in [3.63, 3.8) is 0 Å². The number of methoxy groups -OCH3 is 1. The van der Waals surface area contributed by atoms with Crippen LogP contribution in [0.25, 0.3) is 0 Å². The third-order valence-electron chi connectivity index (χ3n) is 5.01. The van der Waals surface area contributed by atoms with Crippen molar-refractivity contribution in [1.82, 2.24) is 4.90 Å². The SMILES string of the molecule is CC.COC(=O)C1CC(CC(=N)c2cccc(Cl)c2)CN1C(=O)C(N)C(C)(C)C. The summed E-state index contributed by atoms with van der Waals surface area (Å²) in [5.41, 5.74) is 6.89. The molecule has 3 atom stereocenters. The summed E-state index contributed by atoms with van der Waals surface area (Å²) in [5, 5.41) is 8.94. The molecule has 3 unspecified atom stereocenters. The van der Waals surface area contributed by atoms with E-state index in [0.29, 0.717) is 30.1 Å². The fourth-order valence-electron chi connectivity index (χ4n) is 3.31. The number of hydrogen-bond acceptors (Lipinski definition) is 5. The van der Waals surface area contributed by atoms with E-state index in [-0.39, 0.29) is 11.8 Å². The molecule has 0 aromatic heterocycles. The first-order chi connectivity index (χ1) is 13.5. The number of nitrogens with zero attached hydrogens (tertiary/aromatic N) is 1. The van der Waals surface area contributed by atoms with E-state index in [1.54, 1.807) is 18.2 Å². The molecule has 7 heteroatoms. The molecule has 0 aliphatic carbocycles. The molecular formula is C22H34ClN3O3. The summed E-state index contributed by atoms with van der Waals surface area (Å²) >= 11 is 6.01. The van der Waals surface area contributed by atoms with Crippen LogP contribution in [-0.4, -0.2) is 48.2 Å². The summed E-state index contributed by atoms with van der Waals surface area (Å²) in [6.07, 6.45) is 0.903. The third-order valence-corrected chi connectivity index (χ3v) is 5.24. The van der Waals surface area contributed by atoms with Crippen LogP contribution in [0, 0.1) is 16.7 Å². The average Bonchev–Trinajstić information content (AvgIpc) is 3.10. The Kier molecular flexibility index (Phi) is 9.30. The van der Waals surface area contributed by atoms with E-state index in [1.165, 1.54) is 12.0 Å². The Morgan fingerprint density at radius 1 is 1.34 bits per heavy atom. The number of esters is 1. The molecule has 1 aromatic carbocycles. The summed E-state index contributed by atoms with van der Waals surface area (Å²) in [4.78, 5) is 26.6. The Hall–Kier alpha value is -1.92. The molecule has 1 saturated heterocycles. The minimum atomic E-state index is -0.712. The predicted molar refractivity (Wildman–Crippen MR) is 117 cm³/mol. The van der Waals surface area contributed by atoms with Crippen molar-refractivity contribution in [2.75, 3.05) is 13.7 Å². The molecule has 6 nitrogen and oxygen atoms in total. The van der Waals surface area contributed by atoms with Gasteiger partial charge < -0.3 is 20.8 Å². The maximum absolute atomic E-state index is 12.9. The van der Waals surface area contributed by atoms with E-state index in [1.807, 2.05) is 40.7 Å². The number of nitrogens with one attached hydrogen (secondary N) is 1. The van der Waals surface area contributed by atoms with Gasteiger partial charge in [0.2, 0.25) is 5.91 Å². The number of ether oxygens (including phenoxy) is 1. The quantitative estimate of drug-likeness (QED) is 0.554. The lowest BCUT2D eigenvalue weighted by Crippen LogP contribution is -2.53. The second kappa shape index (κ2) is 10.7. The molecule has 1 aliphatic rings. The average molecular weight is 424 g/mol. The van der Waals surface area contributed by atoms with Crippen LogP contribution in [0.3, 0.4) is 0 Å². The van der Waals surface area contributed by atoms with Crippen LogP contribution in [0.4, 0.5) is 0 Å². The van der Waals surface area contributed by atoms with Crippen LogP contribution in [0.15, 0.2) is 24.3 Å². The zero-order valence-electron chi connectivity index (χ0n) is 18.3.